The van der Waals surface area contributed by atoms with E-state index in [1.807, 2.05) is 61.6 Å². The normalized spacial score (nSPS) is 17.7. The number of nitrogens with one attached hydrogen (secondary N) is 1. The number of likely N-dealkylation sites (N-methyl/N-ethyl adjacent to an activating group) is 1. The maximum Gasteiger partial charge on any atom is 0.227 e. The van der Waals surface area contributed by atoms with Crippen LogP contribution in [-0.2, 0) is 16.0 Å². The van der Waals surface area contributed by atoms with Gasteiger partial charge in [-0.15, -0.1) is 0 Å². The largest absolute Gasteiger partial charge is 0.392 e. The molecule has 2 aromatic carbocycles. The monoisotopic (exact) mass is 395 g/mol. The zero-order valence-electron chi connectivity index (χ0n) is 17.0. The molecule has 6 heteroatoms. The molecule has 29 heavy (non-hydrogen) atoms. The number of nitrogens with zero attached hydrogens (tertiary/aromatic N) is 2. The summed E-state index contributed by atoms with van der Waals surface area (Å²) in [4.78, 5) is 28.6. The Morgan fingerprint density at radius 3 is 2.52 bits per heavy atom. The van der Waals surface area contributed by atoms with Gasteiger partial charge in [0.1, 0.15) is 0 Å². The Morgan fingerprint density at radius 2 is 1.86 bits per heavy atom. The third kappa shape index (κ3) is 5.65. The van der Waals surface area contributed by atoms with Crippen LogP contribution in [0.4, 0.5) is 5.69 Å². The Kier molecular flexibility index (Phi) is 7.01. The van der Waals surface area contributed by atoms with Gasteiger partial charge in [0.2, 0.25) is 11.8 Å². The summed E-state index contributed by atoms with van der Waals surface area (Å²) in [6, 6.07) is 17.3. The molecule has 1 heterocycles. The van der Waals surface area contributed by atoms with Crippen LogP contribution in [0.15, 0.2) is 54.6 Å². The van der Waals surface area contributed by atoms with E-state index in [0.29, 0.717) is 18.8 Å². The lowest BCUT2D eigenvalue weighted by Crippen LogP contribution is -2.39. The lowest BCUT2D eigenvalue weighted by atomic mass is 10.0. The second kappa shape index (κ2) is 9.67. The summed E-state index contributed by atoms with van der Waals surface area (Å²) in [6.07, 6.45) is 0.680. The first-order valence-corrected chi connectivity index (χ1v) is 10.0. The summed E-state index contributed by atoms with van der Waals surface area (Å²) in [6.45, 7) is 3.60. The molecule has 1 aliphatic rings. The van der Waals surface area contributed by atoms with E-state index in [9.17, 15) is 14.7 Å². The SMILES string of the molecule is CC(=O)Nc1ccccc1CC(=O)N(C)C(CN1CCC(O)C1)c1ccccc1. The number of carbonyl (C=O) groups is 2. The Labute approximate surface area is 172 Å². The van der Waals surface area contributed by atoms with Crippen molar-refractivity contribution in [1.29, 1.82) is 0 Å². The topological polar surface area (TPSA) is 72.9 Å². The van der Waals surface area contributed by atoms with E-state index >= 15 is 0 Å². The molecular formula is C23H29N3O3. The standard InChI is InChI=1S/C23H29N3O3/c1-17(27)24-21-11-7-6-10-19(21)14-23(29)25(2)22(18-8-4-3-5-9-18)16-26-13-12-20(28)15-26/h3-11,20,22,28H,12-16H2,1-2H3,(H,24,27). The number of β-amino-alcohol motifs (C(OH)–C–C–N with tert-alkyl or cyclic N) is 1. The molecule has 6 nitrogen and oxygen atoms in total. The van der Waals surface area contributed by atoms with Crippen LogP contribution in [0.25, 0.3) is 0 Å². The molecule has 0 radical (unpaired) electrons. The van der Waals surface area contributed by atoms with Gasteiger partial charge >= 0.3 is 0 Å². The highest BCUT2D eigenvalue weighted by molar-refractivity contribution is 5.91. The number of aliphatic hydroxyl groups excluding tert-OH is 1. The lowest BCUT2D eigenvalue weighted by molar-refractivity contribution is -0.131. The summed E-state index contributed by atoms with van der Waals surface area (Å²) in [7, 11) is 1.83. The van der Waals surface area contributed by atoms with E-state index in [0.717, 1.165) is 24.1 Å². The molecular weight excluding hydrogens is 366 g/mol. The van der Waals surface area contributed by atoms with Gasteiger partial charge < -0.3 is 15.3 Å². The van der Waals surface area contributed by atoms with Crippen molar-refractivity contribution in [2.24, 2.45) is 0 Å². The predicted molar refractivity (Wildman–Crippen MR) is 113 cm³/mol. The highest BCUT2D eigenvalue weighted by Gasteiger charge is 2.28. The van der Waals surface area contributed by atoms with Crippen LogP contribution in [0.2, 0.25) is 0 Å². The Bertz CT molecular complexity index is 840. The fourth-order valence-corrected chi connectivity index (χ4v) is 3.80. The quantitative estimate of drug-likeness (QED) is 0.755. The maximum atomic E-state index is 13.1. The van der Waals surface area contributed by atoms with Gasteiger partial charge in [-0.3, -0.25) is 14.5 Å². The smallest absolute Gasteiger partial charge is 0.227 e. The summed E-state index contributed by atoms with van der Waals surface area (Å²) >= 11 is 0. The Morgan fingerprint density at radius 1 is 1.17 bits per heavy atom. The van der Waals surface area contributed by atoms with Crippen LogP contribution >= 0.6 is 0 Å². The number of hydrogen-bond acceptors (Lipinski definition) is 4. The van der Waals surface area contributed by atoms with Crippen molar-refractivity contribution in [2.45, 2.75) is 31.9 Å². The molecule has 0 saturated carbocycles. The molecule has 0 spiro atoms. The zero-order chi connectivity index (χ0) is 20.8. The van der Waals surface area contributed by atoms with Crippen molar-refractivity contribution in [3.63, 3.8) is 0 Å². The molecule has 2 unspecified atom stereocenters. The van der Waals surface area contributed by atoms with Gasteiger partial charge in [-0.25, -0.2) is 0 Å². The number of aliphatic hydroxyl groups is 1. The van der Waals surface area contributed by atoms with Crippen molar-refractivity contribution >= 4 is 17.5 Å². The summed E-state index contributed by atoms with van der Waals surface area (Å²) in [5, 5.41) is 12.7. The highest BCUT2D eigenvalue weighted by atomic mass is 16.3. The average Bonchev–Trinajstić information content (AvgIpc) is 3.12. The number of amides is 2. The molecule has 2 N–H and O–H groups in total. The van der Waals surface area contributed by atoms with Crippen LogP contribution < -0.4 is 5.32 Å². The first-order chi connectivity index (χ1) is 13.9. The van der Waals surface area contributed by atoms with Crippen LogP contribution in [0.3, 0.4) is 0 Å². The molecule has 154 valence electrons. The van der Waals surface area contributed by atoms with E-state index in [1.165, 1.54) is 6.92 Å². The van der Waals surface area contributed by atoms with Crippen LogP contribution in [-0.4, -0.2) is 59.5 Å². The fraction of sp³-hybridized carbons (Fsp3) is 0.391. The second-order valence-electron chi connectivity index (χ2n) is 7.65. The van der Waals surface area contributed by atoms with Gasteiger partial charge in [0.15, 0.2) is 0 Å². The van der Waals surface area contributed by atoms with Gasteiger partial charge in [0.25, 0.3) is 0 Å². The molecule has 3 rings (SSSR count). The molecule has 2 amide bonds. The van der Waals surface area contributed by atoms with Gasteiger partial charge in [0.05, 0.1) is 18.6 Å². The maximum absolute atomic E-state index is 13.1. The van der Waals surface area contributed by atoms with Crippen molar-refractivity contribution in [3.05, 3.63) is 65.7 Å². The van der Waals surface area contributed by atoms with E-state index < -0.39 is 0 Å². The molecule has 0 aromatic heterocycles. The molecule has 1 aliphatic heterocycles. The van der Waals surface area contributed by atoms with Gasteiger partial charge in [-0.05, 0) is 23.6 Å². The molecule has 0 aliphatic carbocycles. The number of hydrogen-bond donors (Lipinski definition) is 2. The van der Waals surface area contributed by atoms with E-state index in [-0.39, 0.29) is 30.4 Å². The molecule has 1 saturated heterocycles. The fourth-order valence-electron chi connectivity index (χ4n) is 3.80. The first kappa shape index (κ1) is 21.0. The van der Waals surface area contributed by atoms with Crippen molar-refractivity contribution in [1.82, 2.24) is 9.80 Å². The number of para-hydroxylation sites is 1. The third-order valence-electron chi connectivity index (χ3n) is 5.39. The van der Waals surface area contributed by atoms with E-state index in [2.05, 4.69) is 10.2 Å². The van der Waals surface area contributed by atoms with Gasteiger partial charge in [-0.1, -0.05) is 48.5 Å². The van der Waals surface area contributed by atoms with Gasteiger partial charge in [0, 0.05) is 39.3 Å². The number of likely N-dealkylation sites (tertiary alicyclic amines) is 1. The second-order valence-corrected chi connectivity index (χ2v) is 7.65. The van der Waals surface area contributed by atoms with Crippen LogP contribution in [0, 0.1) is 0 Å². The van der Waals surface area contributed by atoms with Crippen molar-refractivity contribution < 1.29 is 14.7 Å². The Hall–Kier alpha value is -2.70. The number of benzene rings is 2. The molecule has 2 aromatic rings. The molecule has 2 atom stereocenters. The minimum Gasteiger partial charge on any atom is -0.392 e. The summed E-state index contributed by atoms with van der Waals surface area (Å²) in [5.41, 5.74) is 2.53. The predicted octanol–water partition coefficient (Wildman–Crippen LogP) is 2.45. The minimum atomic E-state index is -0.294. The third-order valence-corrected chi connectivity index (χ3v) is 5.39. The van der Waals surface area contributed by atoms with Crippen LogP contribution in [0.1, 0.15) is 30.5 Å². The van der Waals surface area contributed by atoms with E-state index in [4.69, 9.17) is 0 Å². The minimum absolute atomic E-state index is 0.0172. The van der Waals surface area contributed by atoms with Crippen molar-refractivity contribution in [2.75, 3.05) is 32.0 Å². The molecule has 1 fully saturated rings. The Balaban J connectivity index is 1.77. The summed E-state index contributed by atoms with van der Waals surface area (Å²) < 4.78 is 0. The van der Waals surface area contributed by atoms with Crippen LogP contribution in [0.5, 0.6) is 0 Å². The van der Waals surface area contributed by atoms with Gasteiger partial charge in [-0.2, -0.15) is 0 Å². The lowest BCUT2D eigenvalue weighted by Gasteiger charge is -2.32. The summed E-state index contributed by atoms with van der Waals surface area (Å²) in [5.74, 6) is -0.176. The molecule has 0 bridgehead atoms. The van der Waals surface area contributed by atoms with Crippen molar-refractivity contribution in [3.8, 4) is 0 Å². The highest BCUT2D eigenvalue weighted by Crippen LogP contribution is 2.25. The zero-order valence-corrected chi connectivity index (χ0v) is 17.0. The first-order valence-electron chi connectivity index (χ1n) is 10.0. The number of anilines is 1. The average molecular weight is 396 g/mol. The van der Waals surface area contributed by atoms with E-state index in [1.54, 1.807) is 4.90 Å². The number of rotatable bonds is 7. The number of carbonyl (C=O) groups excluding carboxylic acids is 2.